The lowest BCUT2D eigenvalue weighted by Crippen LogP contribution is -2.05. The predicted octanol–water partition coefficient (Wildman–Crippen LogP) is 4.40. The van der Waals surface area contributed by atoms with Crippen molar-refractivity contribution in [1.29, 1.82) is 0 Å². The molecule has 2 aromatic rings. The molecule has 2 rings (SSSR count). The normalized spacial score (nSPS) is 11.5. The molecule has 0 radical (unpaired) electrons. The molecule has 0 aliphatic carbocycles. The Hall–Kier alpha value is -2.14. The molecule has 6 heteroatoms. The van der Waals surface area contributed by atoms with Gasteiger partial charge in [0.25, 0.3) is 0 Å². The van der Waals surface area contributed by atoms with Gasteiger partial charge in [-0.2, -0.15) is 0 Å². The molecule has 0 amide bonds. The summed E-state index contributed by atoms with van der Waals surface area (Å²) in [5.41, 5.74) is 0.837. The van der Waals surface area contributed by atoms with E-state index in [2.05, 4.69) is 5.16 Å². The quantitative estimate of drug-likeness (QED) is 0.517. The lowest BCUT2D eigenvalue weighted by atomic mass is 10.1. The van der Waals surface area contributed by atoms with Crippen LogP contribution in [0.5, 0.6) is 5.75 Å². The molecular weight excluding hydrogens is 300 g/mol. The van der Waals surface area contributed by atoms with Gasteiger partial charge < -0.3 is 9.94 Å². The van der Waals surface area contributed by atoms with Crippen LogP contribution in [0.3, 0.4) is 0 Å². The van der Waals surface area contributed by atoms with Crippen molar-refractivity contribution >= 4 is 17.3 Å². The zero-order valence-electron chi connectivity index (χ0n) is 11.1. The van der Waals surface area contributed by atoms with Gasteiger partial charge in [0.05, 0.1) is 10.7 Å². The molecular formula is C15H12ClF2NO2. The molecule has 1 N–H and O–H groups in total. The standard InChI is InChI=1S/C15H12ClF2NO2/c1-9(19-20)11-6-5-10(17)7-15(11)21-8-12-13(16)3-2-4-14(12)18/h2-7,20H,8H2,1H3. The van der Waals surface area contributed by atoms with Gasteiger partial charge in [0.2, 0.25) is 0 Å². The summed E-state index contributed by atoms with van der Waals surface area (Å²) in [7, 11) is 0. The van der Waals surface area contributed by atoms with Gasteiger partial charge in [0, 0.05) is 17.2 Å². The summed E-state index contributed by atoms with van der Waals surface area (Å²) in [5.74, 6) is -0.878. The zero-order chi connectivity index (χ0) is 15.4. The highest BCUT2D eigenvalue weighted by Gasteiger charge is 2.12. The van der Waals surface area contributed by atoms with E-state index >= 15 is 0 Å². The second-order valence-electron chi connectivity index (χ2n) is 4.31. The van der Waals surface area contributed by atoms with Crippen molar-refractivity contribution in [2.45, 2.75) is 13.5 Å². The second kappa shape index (κ2) is 6.54. The minimum Gasteiger partial charge on any atom is -0.488 e. The van der Waals surface area contributed by atoms with Gasteiger partial charge in [0.15, 0.2) is 0 Å². The predicted molar refractivity (Wildman–Crippen MR) is 76.1 cm³/mol. The number of benzene rings is 2. The maximum absolute atomic E-state index is 13.7. The van der Waals surface area contributed by atoms with E-state index in [0.29, 0.717) is 5.56 Å². The first-order valence-corrected chi connectivity index (χ1v) is 6.45. The third kappa shape index (κ3) is 3.49. The molecule has 2 aromatic carbocycles. The van der Waals surface area contributed by atoms with Crippen LogP contribution in [0.25, 0.3) is 0 Å². The Morgan fingerprint density at radius 3 is 2.71 bits per heavy atom. The Balaban J connectivity index is 2.30. The van der Waals surface area contributed by atoms with Crippen molar-refractivity contribution in [3.05, 3.63) is 64.2 Å². The molecule has 0 aliphatic heterocycles. The van der Waals surface area contributed by atoms with Gasteiger partial charge in [-0.25, -0.2) is 8.78 Å². The Bertz CT molecular complexity index is 669. The monoisotopic (exact) mass is 311 g/mol. The first-order valence-electron chi connectivity index (χ1n) is 6.07. The average molecular weight is 312 g/mol. The lowest BCUT2D eigenvalue weighted by molar-refractivity contribution is 0.296. The molecule has 0 unspecified atom stereocenters. The summed E-state index contributed by atoms with van der Waals surface area (Å²) in [4.78, 5) is 0. The molecule has 0 aliphatic rings. The van der Waals surface area contributed by atoms with Crippen LogP contribution in [0.15, 0.2) is 41.6 Å². The Labute approximate surface area is 125 Å². The number of rotatable bonds is 4. The number of oxime groups is 1. The SMILES string of the molecule is CC(=NO)c1ccc(F)cc1OCc1c(F)cccc1Cl. The number of hydrogen-bond acceptors (Lipinski definition) is 3. The molecule has 0 atom stereocenters. The van der Waals surface area contributed by atoms with E-state index in [1.807, 2.05) is 0 Å². The first-order chi connectivity index (χ1) is 10.0. The van der Waals surface area contributed by atoms with E-state index in [9.17, 15) is 8.78 Å². The molecule has 0 saturated heterocycles. The topological polar surface area (TPSA) is 41.8 Å². The van der Waals surface area contributed by atoms with Crippen LogP contribution >= 0.6 is 11.6 Å². The Kier molecular flexibility index (Phi) is 4.75. The third-order valence-corrected chi connectivity index (χ3v) is 3.27. The molecule has 3 nitrogen and oxygen atoms in total. The van der Waals surface area contributed by atoms with E-state index in [-0.39, 0.29) is 28.7 Å². The van der Waals surface area contributed by atoms with Crippen molar-refractivity contribution in [3.63, 3.8) is 0 Å². The maximum Gasteiger partial charge on any atom is 0.131 e. The highest BCUT2D eigenvalue weighted by atomic mass is 35.5. The van der Waals surface area contributed by atoms with Crippen LogP contribution in [0.2, 0.25) is 5.02 Å². The van der Waals surface area contributed by atoms with Crippen LogP contribution in [-0.4, -0.2) is 10.9 Å². The van der Waals surface area contributed by atoms with E-state index < -0.39 is 11.6 Å². The maximum atomic E-state index is 13.7. The molecule has 0 saturated carbocycles. The Morgan fingerprint density at radius 1 is 1.29 bits per heavy atom. The van der Waals surface area contributed by atoms with Gasteiger partial charge in [-0.05, 0) is 31.2 Å². The molecule has 21 heavy (non-hydrogen) atoms. The number of halogens is 3. The minimum atomic E-state index is -0.515. The van der Waals surface area contributed by atoms with E-state index in [1.54, 1.807) is 0 Å². The van der Waals surface area contributed by atoms with Crippen molar-refractivity contribution in [1.82, 2.24) is 0 Å². The summed E-state index contributed by atoms with van der Waals surface area (Å²) >= 11 is 5.90. The summed E-state index contributed by atoms with van der Waals surface area (Å²) in [6.45, 7) is 1.37. The van der Waals surface area contributed by atoms with Crippen LogP contribution in [0.1, 0.15) is 18.1 Å². The van der Waals surface area contributed by atoms with Gasteiger partial charge in [-0.1, -0.05) is 22.8 Å². The fraction of sp³-hybridized carbons (Fsp3) is 0.133. The third-order valence-electron chi connectivity index (χ3n) is 2.92. The molecule has 0 aromatic heterocycles. The molecule has 110 valence electrons. The van der Waals surface area contributed by atoms with Crippen molar-refractivity contribution in [3.8, 4) is 5.75 Å². The van der Waals surface area contributed by atoms with Gasteiger partial charge in [-0.3, -0.25) is 0 Å². The molecule has 0 spiro atoms. The molecule has 0 heterocycles. The van der Waals surface area contributed by atoms with Crippen LogP contribution in [0, 0.1) is 11.6 Å². The average Bonchev–Trinajstić information content (AvgIpc) is 2.46. The second-order valence-corrected chi connectivity index (χ2v) is 4.72. The zero-order valence-corrected chi connectivity index (χ0v) is 11.9. The first kappa shape index (κ1) is 15.3. The smallest absolute Gasteiger partial charge is 0.131 e. The number of ether oxygens (including phenoxy) is 1. The summed E-state index contributed by atoms with van der Waals surface area (Å²) in [6, 6.07) is 8.06. The minimum absolute atomic E-state index is 0.143. The van der Waals surface area contributed by atoms with Gasteiger partial charge in [0.1, 0.15) is 24.0 Å². The van der Waals surface area contributed by atoms with E-state index in [1.165, 1.54) is 37.3 Å². The highest BCUT2D eigenvalue weighted by Crippen LogP contribution is 2.25. The number of nitrogens with zero attached hydrogens (tertiary/aromatic N) is 1. The summed E-state index contributed by atoms with van der Waals surface area (Å²) in [5, 5.41) is 12.1. The van der Waals surface area contributed by atoms with Crippen molar-refractivity contribution in [2.75, 3.05) is 0 Å². The van der Waals surface area contributed by atoms with E-state index in [4.69, 9.17) is 21.5 Å². The largest absolute Gasteiger partial charge is 0.488 e. The van der Waals surface area contributed by atoms with Crippen LogP contribution in [0.4, 0.5) is 8.78 Å². The fourth-order valence-electron chi connectivity index (χ4n) is 1.79. The summed E-state index contributed by atoms with van der Waals surface area (Å²) in [6.07, 6.45) is 0. The highest BCUT2D eigenvalue weighted by molar-refractivity contribution is 6.31. The van der Waals surface area contributed by atoms with Crippen LogP contribution in [-0.2, 0) is 6.61 Å². The van der Waals surface area contributed by atoms with Crippen molar-refractivity contribution in [2.24, 2.45) is 5.16 Å². The van der Waals surface area contributed by atoms with Gasteiger partial charge >= 0.3 is 0 Å². The molecule has 0 fully saturated rings. The Morgan fingerprint density at radius 2 is 2.05 bits per heavy atom. The summed E-state index contributed by atoms with van der Waals surface area (Å²) < 4.78 is 32.4. The number of hydrogen-bond donors (Lipinski definition) is 1. The van der Waals surface area contributed by atoms with E-state index in [0.717, 1.165) is 6.07 Å². The van der Waals surface area contributed by atoms with Crippen molar-refractivity contribution < 1.29 is 18.7 Å². The molecule has 0 bridgehead atoms. The fourth-order valence-corrected chi connectivity index (χ4v) is 2.01. The van der Waals surface area contributed by atoms with Gasteiger partial charge in [-0.15, -0.1) is 0 Å². The lowest BCUT2D eigenvalue weighted by Gasteiger charge is -2.12. The van der Waals surface area contributed by atoms with Crippen LogP contribution < -0.4 is 4.74 Å².